The van der Waals surface area contributed by atoms with E-state index in [1.807, 2.05) is 43.3 Å². The van der Waals surface area contributed by atoms with E-state index in [2.05, 4.69) is 14.7 Å². The predicted molar refractivity (Wildman–Crippen MR) is 67.9 cm³/mol. The predicted octanol–water partition coefficient (Wildman–Crippen LogP) is 2.17. The molecule has 0 bridgehead atoms. The Morgan fingerprint density at radius 2 is 1.94 bits per heavy atom. The fourth-order valence-electron chi connectivity index (χ4n) is 1.67. The Balaban J connectivity index is 2.35. The molecule has 92 valence electrons. The van der Waals surface area contributed by atoms with Crippen LogP contribution in [-0.4, -0.2) is 23.0 Å². The van der Waals surface area contributed by atoms with Crippen molar-refractivity contribution in [1.82, 2.24) is 9.97 Å². The van der Waals surface area contributed by atoms with E-state index in [-0.39, 0.29) is 12.4 Å². The second-order valence-electron chi connectivity index (χ2n) is 3.93. The molecule has 1 heterocycles. The fraction of sp³-hybridized carbons (Fsp3) is 0.214. The molecular formula is C14H14N2O2. The highest BCUT2D eigenvalue weighted by molar-refractivity contribution is 5.71. The molecule has 0 saturated heterocycles. The number of hydrogen-bond acceptors (Lipinski definition) is 4. The van der Waals surface area contributed by atoms with Crippen molar-refractivity contribution in [2.45, 2.75) is 13.3 Å². The molecule has 0 fully saturated rings. The molecule has 4 nitrogen and oxygen atoms in total. The third-order valence-corrected chi connectivity index (χ3v) is 2.50. The minimum Gasteiger partial charge on any atom is -0.469 e. The maximum atomic E-state index is 11.2. The van der Waals surface area contributed by atoms with Crippen molar-refractivity contribution < 1.29 is 9.53 Å². The zero-order chi connectivity index (χ0) is 13.0. The van der Waals surface area contributed by atoms with Crippen LogP contribution in [0.2, 0.25) is 0 Å². The zero-order valence-electron chi connectivity index (χ0n) is 10.4. The van der Waals surface area contributed by atoms with E-state index in [1.54, 1.807) is 0 Å². The van der Waals surface area contributed by atoms with Crippen molar-refractivity contribution in [2.75, 3.05) is 7.11 Å². The number of methoxy groups -OCH3 is 1. The molecule has 4 heteroatoms. The highest BCUT2D eigenvalue weighted by atomic mass is 16.5. The van der Waals surface area contributed by atoms with E-state index in [4.69, 9.17) is 0 Å². The van der Waals surface area contributed by atoms with Gasteiger partial charge in [0.2, 0.25) is 0 Å². The van der Waals surface area contributed by atoms with Gasteiger partial charge in [-0.3, -0.25) is 4.79 Å². The maximum Gasteiger partial charge on any atom is 0.313 e. The number of ether oxygens (including phenoxy) is 1. The van der Waals surface area contributed by atoms with Gasteiger partial charge in [0, 0.05) is 11.3 Å². The zero-order valence-corrected chi connectivity index (χ0v) is 10.4. The lowest BCUT2D eigenvalue weighted by molar-refractivity contribution is -0.139. The van der Waals surface area contributed by atoms with Gasteiger partial charge in [0.1, 0.15) is 12.2 Å². The second-order valence-corrected chi connectivity index (χ2v) is 3.93. The van der Waals surface area contributed by atoms with Gasteiger partial charge in [-0.2, -0.15) is 0 Å². The van der Waals surface area contributed by atoms with Crippen molar-refractivity contribution >= 4 is 5.97 Å². The summed E-state index contributed by atoms with van der Waals surface area (Å²) in [6.07, 6.45) is 0.0953. The van der Waals surface area contributed by atoms with Crippen LogP contribution in [0.25, 0.3) is 11.3 Å². The van der Waals surface area contributed by atoms with Crippen LogP contribution >= 0.6 is 0 Å². The molecule has 0 aliphatic heterocycles. The lowest BCUT2D eigenvalue weighted by atomic mass is 10.1. The Labute approximate surface area is 106 Å². The number of aryl methyl sites for hydroxylation is 1. The molecule has 0 saturated carbocycles. The van der Waals surface area contributed by atoms with Gasteiger partial charge in [-0.15, -0.1) is 0 Å². The van der Waals surface area contributed by atoms with Crippen molar-refractivity contribution in [3.8, 4) is 11.3 Å². The van der Waals surface area contributed by atoms with E-state index in [9.17, 15) is 4.79 Å². The van der Waals surface area contributed by atoms with Crippen LogP contribution in [0.4, 0.5) is 0 Å². The first-order chi connectivity index (χ1) is 8.69. The number of nitrogens with zero attached hydrogens (tertiary/aromatic N) is 2. The normalized spacial score (nSPS) is 10.1. The van der Waals surface area contributed by atoms with Gasteiger partial charge >= 0.3 is 5.97 Å². The molecule has 2 aromatic rings. The number of aromatic nitrogens is 2. The summed E-state index contributed by atoms with van der Waals surface area (Å²) >= 11 is 0. The highest BCUT2D eigenvalue weighted by Crippen LogP contribution is 2.17. The molecule has 0 spiro atoms. The Bertz CT molecular complexity index is 553. The minimum atomic E-state index is -0.334. The van der Waals surface area contributed by atoms with E-state index >= 15 is 0 Å². The number of hydrogen-bond donors (Lipinski definition) is 0. The molecule has 0 aliphatic rings. The van der Waals surface area contributed by atoms with Gasteiger partial charge in [-0.05, 0) is 13.0 Å². The van der Waals surface area contributed by atoms with Gasteiger partial charge in [0.25, 0.3) is 0 Å². The summed E-state index contributed by atoms with van der Waals surface area (Å²) in [5.74, 6) is 0.153. The largest absolute Gasteiger partial charge is 0.469 e. The number of esters is 1. The summed E-state index contributed by atoms with van der Waals surface area (Å²) in [5, 5.41) is 0. The van der Waals surface area contributed by atoms with Gasteiger partial charge in [0.05, 0.1) is 12.8 Å². The van der Waals surface area contributed by atoms with Crippen LogP contribution in [-0.2, 0) is 16.0 Å². The second kappa shape index (κ2) is 5.40. The topological polar surface area (TPSA) is 52.1 Å². The summed E-state index contributed by atoms with van der Waals surface area (Å²) in [4.78, 5) is 19.9. The quantitative estimate of drug-likeness (QED) is 0.774. The van der Waals surface area contributed by atoms with Gasteiger partial charge in [0.15, 0.2) is 0 Å². The lowest BCUT2D eigenvalue weighted by Gasteiger charge is -2.05. The Morgan fingerprint density at radius 1 is 1.22 bits per heavy atom. The highest BCUT2D eigenvalue weighted by Gasteiger charge is 2.09. The fourth-order valence-corrected chi connectivity index (χ4v) is 1.67. The molecule has 1 aromatic carbocycles. The molecule has 18 heavy (non-hydrogen) atoms. The molecule has 0 aliphatic carbocycles. The first kappa shape index (κ1) is 12.2. The number of carbonyl (C=O) groups is 1. The van der Waals surface area contributed by atoms with Crippen LogP contribution < -0.4 is 0 Å². The summed E-state index contributed by atoms with van der Waals surface area (Å²) in [6, 6.07) is 11.7. The standard InChI is InChI=1S/C14H14N2O2/c1-10-8-12(11-6-4-3-5-7-11)16-13(15-10)9-14(17)18-2/h3-8H,9H2,1-2H3. The molecule has 0 unspecified atom stereocenters. The molecule has 0 amide bonds. The maximum absolute atomic E-state index is 11.2. The average Bonchev–Trinajstić information content (AvgIpc) is 2.39. The molecule has 1 aromatic heterocycles. The van der Waals surface area contributed by atoms with Crippen LogP contribution in [0.3, 0.4) is 0 Å². The van der Waals surface area contributed by atoms with Gasteiger partial charge < -0.3 is 4.74 Å². The molecular weight excluding hydrogens is 228 g/mol. The first-order valence-electron chi connectivity index (χ1n) is 5.66. The Morgan fingerprint density at radius 3 is 2.61 bits per heavy atom. The van der Waals surface area contributed by atoms with Gasteiger partial charge in [-0.25, -0.2) is 9.97 Å². The van der Waals surface area contributed by atoms with E-state index in [0.29, 0.717) is 5.82 Å². The summed E-state index contributed by atoms with van der Waals surface area (Å²) in [6.45, 7) is 1.88. The number of benzene rings is 1. The number of rotatable bonds is 3. The van der Waals surface area contributed by atoms with Crippen LogP contribution in [0.15, 0.2) is 36.4 Å². The Hall–Kier alpha value is -2.23. The van der Waals surface area contributed by atoms with Crippen molar-refractivity contribution in [1.29, 1.82) is 0 Å². The first-order valence-corrected chi connectivity index (χ1v) is 5.66. The number of carbonyl (C=O) groups excluding carboxylic acids is 1. The lowest BCUT2D eigenvalue weighted by Crippen LogP contribution is -2.09. The molecule has 2 rings (SSSR count). The van der Waals surface area contributed by atoms with Crippen molar-refractivity contribution in [3.05, 3.63) is 47.9 Å². The minimum absolute atomic E-state index is 0.0953. The molecule has 0 atom stereocenters. The van der Waals surface area contributed by atoms with Crippen LogP contribution in [0.1, 0.15) is 11.5 Å². The van der Waals surface area contributed by atoms with Crippen molar-refractivity contribution in [2.24, 2.45) is 0 Å². The van der Waals surface area contributed by atoms with Crippen molar-refractivity contribution in [3.63, 3.8) is 0 Å². The van der Waals surface area contributed by atoms with Gasteiger partial charge in [-0.1, -0.05) is 30.3 Å². The van der Waals surface area contributed by atoms with E-state index in [1.165, 1.54) is 7.11 Å². The van der Waals surface area contributed by atoms with E-state index < -0.39 is 0 Å². The average molecular weight is 242 g/mol. The molecule has 0 N–H and O–H groups in total. The summed E-state index contributed by atoms with van der Waals surface area (Å²) in [5.41, 5.74) is 2.67. The van der Waals surface area contributed by atoms with Crippen LogP contribution in [0, 0.1) is 6.92 Å². The molecule has 0 radical (unpaired) electrons. The smallest absolute Gasteiger partial charge is 0.313 e. The summed E-state index contributed by atoms with van der Waals surface area (Å²) < 4.78 is 4.62. The van der Waals surface area contributed by atoms with E-state index in [0.717, 1.165) is 17.0 Å². The third-order valence-electron chi connectivity index (χ3n) is 2.50. The SMILES string of the molecule is COC(=O)Cc1nc(C)cc(-c2ccccc2)n1. The van der Waals surface area contributed by atoms with Crippen LogP contribution in [0.5, 0.6) is 0 Å². The third kappa shape index (κ3) is 2.91. The monoisotopic (exact) mass is 242 g/mol. The Kier molecular flexibility index (Phi) is 3.67. The summed E-state index contributed by atoms with van der Waals surface area (Å²) in [7, 11) is 1.36.